The highest BCUT2D eigenvalue weighted by Crippen LogP contribution is 2.23. The average molecular weight is 404 g/mol. The van der Waals surface area contributed by atoms with Crippen LogP contribution in [0.1, 0.15) is 30.3 Å². The monoisotopic (exact) mass is 403 g/mol. The van der Waals surface area contributed by atoms with E-state index in [0.29, 0.717) is 24.7 Å². The Morgan fingerprint density at radius 3 is 2.86 bits per heavy atom. The van der Waals surface area contributed by atoms with Crippen LogP contribution in [-0.4, -0.2) is 41.5 Å². The molecular weight excluding hydrogens is 382 g/mol. The highest BCUT2D eigenvalue weighted by atomic mass is 35.5. The van der Waals surface area contributed by atoms with Crippen molar-refractivity contribution >= 4 is 34.9 Å². The van der Waals surface area contributed by atoms with Gasteiger partial charge in [0.25, 0.3) is 5.91 Å². The minimum absolute atomic E-state index is 0.0806. The lowest BCUT2D eigenvalue weighted by Crippen LogP contribution is -2.41. The van der Waals surface area contributed by atoms with Crippen molar-refractivity contribution in [2.45, 2.75) is 19.8 Å². The molecule has 3 heterocycles. The zero-order valence-electron chi connectivity index (χ0n) is 15.5. The SMILES string of the molecule is CCOc1ccc(Cl)c(C(=O)Nc2ccc(N3CCCC(C(N)=O)C3)nc2)n1. The van der Waals surface area contributed by atoms with Crippen LogP contribution < -0.4 is 20.7 Å². The molecule has 0 aromatic carbocycles. The Hall–Kier alpha value is -2.87. The molecule has 3 rings (SSSR count). The smallest absolute Gasteiger partial charge is 0.276 e. The van der Waals surface area contributed by atoms with Gasteiger partial charge in [-0.25, -0.2) is 9.97 Å². The molecule has 148 valence electrons. The molecular formula is C19H22ClN5O3. The van der Waals surface area contributed by atoms with Crippen molar-refractivity contribution in [3.8, 4) is 5.88 Å². The van der Waals surface area contributed by atoms with Crippen molar-refractivity contribution in [2.75, 3.05) is 29.9 Å². The van der Waals surface area contributed by atoms with Gasteiger partial charge in [-0.15, -0.1) is 0 Å². The second kappa shape index (κ2) is 8.88. The molecule has 1 atom stereocenters. The van der Waals surface area contributed by atoms with E-state index >= 15 is 0 Å². The number of halogens is 1. The van der Waals surface area contributed by atoms with Crippen LogP contribution in [0, 0.1) is 5.92 Å². The second-order valence-electron chi connectivity index (χ2n) is 6.46. The van der Waals surface area contributed by atoms with Crippen LogP contribution in [0.3, 0.4) is 0 Å². The summed E-state index contributed by atoms with van der Waals surface area (Å²) >= 11 is 6.08. The number of nitrogens with zero attached hydrogens (tertiary/aromatic N) is 3. The molecule has 0 saturated carbocycles. The Morgan fingerprint density at radius 2 is 2.18 bits per heavy atom. The summed E-state index contributed by atoms with van der Waals surface area (Å²) in [5, 5.41) is 2.96. The Kier molecular flexibility index (Phi) is 6.30. The highest BCUT2D eigenvalue weighted by molar-refractivity contribution is 6.34. The lowest BCUT2D eigenvalue weighted by Gasteiger charge is -2.32. The summed E-state index contributed by atoms with van der Waals surface area (Å²) in [6.45, 7) is 3.63. The van der Waals surface area contributed by atoms with Crippen LogP contribution in [0.25, 0.3) is 0 Å². The standard InChI is InChI=1S/C19H22ClN5O3/c1-2-28-16-8-6-14(20)17(24-16)19(27)23-13-5-7-15(22-10-13)25-9-3-4-12(11-25)18(21)26/h5-8,10,12H,2-4,9,11H2,1H3,(H2,21,26)(H,23,27). The molecule has 0 bridgehead atoms. The molecule has 1 aliphatic rings. The third-order valence-corrected chi connectivity index (χ3v) is 4.79. The van der Waals surface area contributed by atoms with Crippen LogP contribution in [-0.2, 0) is 4.79 Å². The van der Waals surface area contributed by atoms with E-state index < -0.39 is 5.91 Å². The minimum Gasteiger partial charge on any atom is -0.478 e. The number of aromatic nitrogens is 2. The number of rotatable bonds is 6. The molecule has 9 heteroatoms. The number of anilines is 2. The number of carbonyl (C=O) groups excluding carboxylic acids is 2. The first-order chi connectivity index (χ1) is 13.5. The maximum Gasteiger partial charge on any atom is 0.276 e. The third kappa shape index (κ3) is 4.69. The number of nitrogens with one attached hydrogen (secondary N) is 1. The summed E-state index contributed by atoms with van der Waals surface area (Å²) in [6, 6.07) is 6.72. The van der Waals surface area contributed by atoms with Crippen LogP contribution in [0.2, 0.25) is 5.02 Å². The van der Waals surface area contributed by atoms with E-state index in [2.05, 4.69) is 15.3 Å². The predicted molar refractivity (Wildman–Crippen MR) is 107 cm³/mol. The van der Waals surface area contributed by atoms with Gasteiger partial charge in [-0.3, -0.25) is 9.59 Å². The van der Waals surface area contributed by atoms with E-state index in [-0.39, 0.29) is 22.5 Å². The van der Waals surface area contributed by atoms with Crippen LogP contribution in [0.15, 0.2) is 30.5 Å². The van der Waals surface area contributed by atoms with Crippen molar-refractivity contribution in [2.24, 2.45) is 11.7 Å². The van der Waals surface area contributed by atoms with Gasteiger partial charge in [0.1, 0.15) is 5.82 Å². The summed E-state index contributed by atoms with van der Waals surface area (Å²) in [5.41, 5.74) is 6.02. The zero-order valence-corrected chi connectivity index (χ0v) is 16.3. The summed E-state index contributed by atoms with van der Waals surface area (Å²) < 4.78 is 5.31. The molecule has 2 aromatic rings. The number of hydrogen-bond donors (Lipinski definition) is 2. The molecule has 0 spiro atoms. The van der Waals surface area contributed by atoms with E-state index in [4.69, 9.17) is 22.1 Å². The first-order valence-electron chi connectivity index (χ1n) is 9.09. The van der Waals surface area contributed by atoms with Crippen molar-refractivity contribution < 1.29 is 14.3 Å². The van der Waals surface area contributed by atoms with E-state index in [1.807, 2.05) is 11.8 Å². The van der Waals surface area contributed by atoms with Gasteiger partial charge in [-0.2, -0.15) is 0 Å². The van der Waals surface area contributed by atoms with Crippen molar-refractivity contribution in [1.29, 1.82) is 0 Å². The number of amides is 2. The molecule has 0 radical (unpaired) electrons. The Labute approximate surface area is 168 Å². The Balaban J connectivity index is 1.68. The molecule has 28 heavy (non-hydrogen) atoms. The molecule has 3 N–H and O–H groups in total. The summed E-state index contributed by atoms with van der Waals surface area (Å²) in [4.78, 5) is 34.5. The van der Waals surface area contributed by atoms with Crippen LogP contribution in [0.5, 0.6) is 5.88 Å². The number of carbonyl (C=O) groups is 2. The van der Waals surface area contributed by atoms with E-state index in [9.17, 15) is 9.59 Å². The zero-order chi connectivity index (χ0) is 20.1. The highest BCUT2D eigenvalue weighted by Gasteiger charge is 2.24. The maximum absolute atomic E-state index is 12.5. The minimum atomic E-state index is -0.451. The summed E-state index contributed by atoms with van der Waals surface area (Å²) in [7, 11) is 0. The fourth-order valence-electron chi connectivity index (χ4n) is 3.07. The summed E-state index contributed by atoms with van der Waals surface area (Å²) in [5.74, 6) is 0.166. The quantitative estimate of drug-likeness (QED) is 0.766. The first kappa shape index (κ1) is 19.9. The first-order valence-corrected chi connectivity index (χ1v) is 9.46. The van der Waals surface area contributed by atoms with Crippen molar-refractivity contribution in [3.05, 3.63) is 41.2 Å². The molecule has 2 aromatic heterocycles. The van der Waals surface area contributed by atoms with Gasteiger partial charge in [-0.1, -0.05) is 11.6 Å². The molecule has 1 unspecified atom stereocenters. The van der Waals surface area contributed by atoms with E-state index in [1.165, 1.54) is 0 Å². The van der Waals surface area contributed by atoms with Crippen LogP contribution >= 0.6 is 11.6 Å². The van der Waals surface area contributed by atoms with Gasteiger partial charge < -0.3 is 20.7 Å². The molecule has 8 nitrogen and oxygen atoms in total. The predicted octanol–water partition coefficient (Wildman–Crippen LogP) is 2.48. The molecule has 1 fully saturated rings. The molecule has 1 saturated heterocycles. The fourth-order valence-corrected chi connectivity index (χ4v) is 3.26. The van der Waals surface area contributed by atoms with E-state index in [0.717, 1.165) is 25.2 Å². The van der Waals surface area contributed by atoms with Gasteiger partial charge in [0.05, 0.1) is 29.4 Å². The van der Waals surface area contributed by atoms with Gasteiger partial charge in [0.2, 0.25) is 11.8 Å². The number of hydrogen-bond acceptors (Lipinski definition) is 6. The van der Waals surface area contributed by atoms with Crippen LogP contribution in [0.4, 0.5) is 11.5 Å². The average Bonchev–Trinajstić information content (AvgIpc) is 2.70. The number of primary amides is 1. The summed E-state index contributed by atoms with van der Waals surface area (Å²) in [6.07, 6.45) is 3.24. The molecule has 1 aliphatic heterocycles. The van der Waals surface area contributed by atoms with E-state index in [1.54, 1.807) is 30.5 Å². The largest absolute Gasteiger partial charge is 0.478 e. The second-order valence-corrected chi connectivity index (χ2v) is 6.87. The lowest BCUT2D eigenvalue weighted by atomic mass is 9.97. The number of ether oxygens (including phenoxy) is 1. The number of piperidine rings is 1. The molecule has 2 amide bonds. The van der Waals surface area contributed by atoms with Gasteiger partial charge in [-0.05, 0) is 38.0 Å². The van der Waals surface area contributed by atoms with Gasteiger partial charge in [0.15, 0.2) is 5.69 Å². The van der Waals surface area contributed by atoms with Crippen molar-refractivity contribution in [3.63, 3.8) is 0 Å². The Morgan fingerprint density at radius 1 is 1.36 bits per heavy atom. The number of nitrogens with two attached hydrogens (primary N) is 1. The lowest BCUT2D eigenvalue weighted by molar-refractivity contribution is -0.122. The topological polar surface area (TPSA) is 110 Å². The maximum atomic E-state index is 12.5. The fraction of sp³-hybridized carbons (Fsp3) is 0.368. The third-order valence-electron chi connectivity index (χ3n) is 4.48. The Bertz CT molecular complexity index is 859. The van der Waals surface area contributed by atoms with Crippen molar-refractivity contribution in [1.82, 2.24) is 9.97 Å². The number of pyridine rings is 2. The van der Waals surface area contributed by atoms with Gasteiger partial charge in [0, 0.05) is 19.2 Å². The van der Waals surface area contributed by atoms with Gasteiger partial charge >= 0.3 is 0 Å². The normalized spacial score (nSPS) is 16.5. The molecule has 0 aliphatic carbocycles.